The Bertz CT molecular complexity index is 882. The normalized spacial score (nSPS) is 15.8. The van der Waals surface area contributed by atoms with Crippen molar-refractivity contribution in [3.63, 3.8) is 0 Å². The smallest absolute Gasteiger partial charge is 0.159 e. The predicted molar refractivity (Wildman–Crippen MR) is 93.8 cm³/mol. The summed E-state index contributed by atoms with van der Waals surface area (Å²) in [5, 5.41) is 15.6. The summed E-state index contributed by atoms with van der Waals surface area (Å²) in [7, 11) is 0. The Balaban J connectivity index is 1.89. The topological polar surface area (TPSA) is 63.8 Å². The van der Waals surface area contributed by atoms with Gasteiger partial charge in [-0.15, -0.1) is 0 Å². The van der Waals surface area contributed by atoms with Crippen LogP contribution < -0.4 is 0 Å². The lowest BCUT2D eigenvalue weighted by atomic mass is 10.1. The number of aryl methyl sites for hydroxylation is 1. The number of nitrogens with zero attached hydrogens (tertiary/aromatic N) is 4. The molecule has 0 aliphatic heterocycles. The van der Waals surface area contributed by atoms with Gasteiger partial charge in [0, 0.05) is 22.6 Å². The maximum atomic E-state index is 10.1. The Morgan fingerprint density at radius 2 is 2.04 bits per heavy atom. The van der Waals surface area contributed by atoms with E-state index in [1.807, 2.05) is 30.7 Å². The van der Waals surface area contributed by atoms with Gasteiger partial charge in [-0.1, -0.05) is 25.1 Å². The molecular weight excluding hydrogens is 300 g/mol. The molecule has 0 unspecified atom stereocenters. The summed E-state index contributed by atoms with van der Waals surface area (Å²) in [5.41, 5.74) is 3.21. The Morgan fingerprint density at radius 3 is 2.79 bits per heavy atom. The van der Waals surface area contributed by atoms with Crippen molar-refractivity contribution in [2.45, 2.75) is 51.7 Å². The minimum Gasteiger partial charge on any atom is -0.391 e. The molecule has 0 radical (unpaired) electrons. The standard InChI is InChI=1S/C19H22N4O/c1-3-14(24)11-23-19(20-12(2)22-23)16-10-18(13-8-9-13)21-17-7-5-4-6-15(16)17/h4-7,10,13-14,24H,3,8-9,11H2,1-2H3/t14-/m0/s1. The van der Waals surface area contributed by atoms with E-state index in [0.717, 1.165) is 33.8 Å². The molecule has 0 saturated heterocycles. The maximum Gasteiger partial charge on any atom is 0.159 e. The first-order valence-corrected chi connectivity index (χ1v) is 8.65. The molecule has 0 amide bonds. The highest BCUT2D eigenvalue weighted by Crippen LogP contribution is 2.41. The molecule has 1 atom stereocenters. The summed E-state index contributed by atoms with van der Waals surface area (Å²) in [6, 6.07) is 10.3. The third-order valence-electron chi connectivity index (χ3n) is 4.61. The molecule has 124 valence electrons. The number of hydrogen-bond donors (Lipinski definition) is 1. The molecule has 5 heteroatoms. The zero-order valence-electron chi connectivity index (χ0n) is 14.1. The Kier molecular flexibility index (Phi) is 3.81. The first-order valence-electron chi connectivity index (χ1n) is 8.65. The van der Waals surface area contributed by atoms with Crippen LogP contribution in [0.3, 0.4) is 0 Å². The summed E-state index contributed by atoms with van der Waals surface area (Å²) in [4.78, 5) is 9.48. The fourth-order valence-corrected chi connectivity index (χ4v) is 3.08. The van der Waals surface area contributed by atoms with E-state index < -0.39 is 6.10 Å². The van der Waals surface area contributed by atoms with Crippen LogP contribution in [0.1, 0.15) is 43.6 Å². The number of fused-ring (bicyclic) bond motifs is 1. The number of para-hydroxylation sites is 1. The van der Waals surface area contributed by atoms with Crippen molar-refractivity contribution >= 4 is 10.9 Å². The van der Waals surface area contributed by atoms with Crippen LogP contribution >= 0.6 is 0 Å². The third-order valence-corrected chi connectivity index (χ3v) is 4.61. The molecule has 1 aliphatic rings. The minimum atomic E-state index is -0.416. The van der Waals surface area contributed by atoms with Crippen LogP contribution in [0, 0.1) is 6.92 Å². The van der Waals surface area contributed by atoms with Crippen LogP contribution in [0.5, 0.6) is 0 Å². The largest absolute Gasteiger partial charge is 0.391 e. The molecule has 0 spiro atoms. The summed E-state index contributed by atoms with van der Waals surface area (Å²) in [6.07, 6.45) is 2.71. The molecular formula is C19H22N4O. The number of aliphatic hydroxyl groups is 1. The highest BCUT2D eigenvalue weighted by Gasteiger charge is 2.27. The lowest BCUT2D eigenvalue weighted by Gasteiger charge is -2.12. The maximum absolute atomic E-state index is 10.1. The summed E-state index contributed by atoms with van der Waals surface area (Å²) >= 11 is 0. The second-order valence-corrected chi connectivity index (χ2v) is 6.61. The van der Waals surface area contributed by atoms with E-state index in [1.165, 1.54) is 12.8 Å². The molecule has 2 heterocycles. The van der Waals surface area contributed by atoms with E-state index in [9.17, 15) is 5.11 Å². The monoisotopic (exact) mass is 322 g/mol. The number of hydrogen-bond acceptors (Lipinski definition) is 4. The molecule has 2 aromatic heterocycles. The van der Waals surface area contributed by atoms with E-state index in [2.05, 4.69) is 28.3 Å². The molecule has 1 aromatic carbocycles. The Labute approximate surface area is 141 Å². The molecule has 3 aromatic rings. The van der Waals surface area contributed by atoms with Crippen molar-refractivity contribution in [2.75, 3.05) is 0 Å². The van der Waals surface area contributed by atoms with Gasteiger partial charge in [0.1, 0.15) is 5.82 Å². The molecule has 1 saturated carbocycles. The van der Waals surface area contributed by atoms with E-state index in [-0.39, 0.29) is 0 Å². The van der Waals surface area contributed by atoms with Crippen molar-refractivity contribution in [1.82, 2.24) is 19.7 Å². The first-order chi connectivity index (χ1) is 11.7. The van der Waals surface area contributed by atoms with Gasteiger partial charge in [-0.2, -0.15) is 5.10 Å². The summed E-state index contributed by atoms with van der Waals surface area (Å²) in [5.74, 6) is 2.12. The van der Waals surface area contributed by atoms with Crippen LogP contribution in [0.2, 0.25) is 0 Å². The van der Waals surface area contributed by atoms with Crippen molar-refractivity contribution in [3.05, 3.63) is 41.9 Å². The fourth-order valence-electron chi connectivity index (χ4n) is 3.08. The Hall–Kier alpha value is -2.27. The zero-order valence-corrected chi connectivity index (χ0v) is 14.1. The highest BCUT2D eigenvalue weighted by molar-refractivity contribution is 5.93. The van der Waals surface area contributed by atoms with Crippen molar-refractivity contribution < 1.29 is 5.11 Å². The average Bonchev–Trinajstić information content (AvgIpc) is 3.38. The second kappa shape index (κ2) is 5.98. The Morgan fingerprint density at radius 1 is 1.25 bits per heavy atom. The van der Waals surface area contributed by atoms with Crippen LogP contribution in [0.25, 0.3) is 22.3 Å². The number of rotatable bonds is 5. The van der Waals surface area contributed by atoms with Gasteiger partial charge in [-0.3, -0.25) is 4.98 Å². The van der Waals surface area contributed by atoms with Crippen molar-refractivity contribution in [2.24, 2.45) is 0 Å². The van der Waals surface area contributed by atoms with E-state index >= 15 is 0 Å². The predicted octanol–water partition coefficient (Wildman–Crippen LogP) is 3.45. The van der Waals surface area contributed by atoms with Gasteiger partial charge in [0.25, 0.3) is 0 Å². The van der Waals surface area contributed by atoms with E-state index in [1.54, 1.807) is 0 Å². The number of benzene rings is 1. The fraction of sp³-hybridized carbons (Fsp3) is 0.421. The van der Waals surface area contributed by atoms with Gasteiger partial charge in [0.15, 0.2) is 5.82 Å². The summed E-state index contributed by atoms with van der Waals surface area (Å²) in [6.45, 7) is 4.33. The van der Waals surface area contributed by atoms with Gasteiger partial charge in [-0.05, 0) is 38.3 Å². The lowest BCUT2D eigenvalue weighted by Crippen LogP contribution is -2.17. The summed E-state index contributed by atoms with van der Waals surface area (Å²) < 4.78 is 1.84. The molecule has 4 rings (SSSR count). The number of aromatic nitrogens is 4. The van der Waals surface area contributed by atoms with Gasteiger partial charge in [-0.25, -0.2) is 9.67 Å². The molecule has 1 aliphatic carbocycles. The first kappa shape index (κ1) is 15.3. The minimum absolute atomic E-state index is 0.416. The third kappa shape index (κ3) is 2.80. The van der Waals surface area contributed by atoms with E-state index in [0.29, 0.717) is 18.9 Å². The number of aliphatic hydroxyl groups excluding tert-OH is 1. The van der Waals surface area contributed by atoms with Gasteiger partial charge in [0.05, 0.1) is 18.2 Å². The van der Waals surface area contributed by atoms with Gasteiger partial charge in [0.2, 0.25) is 0 Å². The van der Waals surface area contributed by atoms with Crippen LogP contribution in [0.15, 0.2) is 30.3 Å². The molecule has 1 N–H and O–H groups in total. The van der Waals surface area contributed by atoms with Gasteiger partial charge >= 0.3 is 0 Å². The van der Waals surface area contributed by atoms with Crippen molar-refractivity contribution in [1.29, 1.82) is 0 Å². The SMILES string of the molecule is CC[C@H](O)Cn1nc(C)nc1-c1cc(C2CC2)nc2ccccc12. The zero-order chi connectivity index (χ0) is 16.7. The van der Waals surface area contributed by atoms with Gasteiger partial charge < -0.3 is 5.11 Å². The lowest BCUT2D eigenvalue weighted by molar-refractivity contribution is 0.145. The van der Waals surface area contributed by atoms with Crippen LogP contribution in [0.4, 0.5) is 0 Å². The van der Waals surface area contributed by atoms with Crippen LogP contribution in [-0.2, 0) is 6.54 Å². The molecule has 0 bridgehead atoms. The number of pyridine rings is 1. The second-order valence-electron chi connectivity index (χ2n) is 6.61. The van der Waals surface area contributed by atoms with Crippen molar-refractivity contribution in [3.8, 4) is 11.4 Å². The highest BCUT2D eigenvalue weighted by atomic mass is 16.3. The molecule has 5 nitrogen and oxygen atoms in total. The average molecular weight is 322 g/mol. The molecule has 24 heavy (non-hydrogen) atoms. The molecule has 1 fully saturated rings. The quantitative estimate of drug-likeness (QED) is 0.781. The van der Waals surface area contributed by atoms with Crippen LogP contribution in [-0.4, -0.2) is 31.0 Å². The van der Waals surface area contributed by atoms with E-state index in [4.69, 9.17) is 4.98 Å².